The van der Waals surface area contributed by atoms with Gasteiger partial charge in [-0.3, -0.25) is 9.10 Å². The third kappa shape index (κ3) is 5.32. The molecular formula is C21H28N2O3S. The summed E-state index contributed by atoms with van der Waals surface area (Å²) in [4.78, 5) is 14.4. The van der Waals surface area contributed by atoms with Crippen LogP contribution >= 0.6 is 0 Å². The number of hydrogen-bond acceptors (Lipinski definition) is 3. The van der Waals surface area contributed by atoms with Gasteiger partial charge in [-0.15, -0.1) is 0 Å². The SMILES string of the molecule is CCN(C(=O)CN(c1ccc(C(C)(C)C)cc1)S(C)(=O)=O)c1ccccc1. The number of rotatable bonds is 6. The average molecular weight is 389 g/mol. The Morgan fingerprint density at radius 3 is 1.93 bits per heavy atom. The molecule has 6 heteroatoms. The Morgan fingerprint density at radius 1 is 0.926 bits per heavy atom. The van der Waals surface area contributed by atoms with Gasteiger partial charge in [0.05, 0.1) is 11.9 Å². The normalized spacial score (nSPS) is 11.9. The first-order chi connectivity index (χ1) is 12.5. The van der Waals surface area contributed by atoms with Crippen molar-refractivity contribution in [3.05, 3.63) is 60.2 Å². The molecule has 0 heterocycles. The Balaban J connectivity index is 2.31. The fourth-order valence-corrected chi connectivity index (χ4v) is 3.70. The zero-order valence-corrected chi connectivity index (χ0v) is 17.5. The van der Waals surface area contributed by atoms with E-state index < -0.39 is 10.0 Å². The van der Waals surface area contributed by atoms with Crippen molar-refractivity contribution in [1.82, 2.24) is 0 Å². The van der Waals surface area contributed by atoms with Crippen molar-refractivity contribution in [2.45, 2.75) is 33.1 Å². The Bertz CT molecular complexity index is 870. The molecule has 0 aliphatic heterocycles. The second-order valence-corrected chi connectivity index (χ2v) is 9.45. The highest BCUT2D eigenvalue weighted by molar-refractivity contribution is 7.92. The molecule has 0 unspecified atom stereocenters. The molecule has 2 rings (SSSR count). The molecular weight excluding hydrogens is 360 g/mol. The number of anilines is 2. The highest BCUT2D eigenvalue weighted by atomic mass is 32.2. The predicted octanol–water partition coefficient (Wildman–Crippen LogP) is 3.80. The molecule has 2 aromatic rings. The number of amides is 1. The molecule has 0 N–H and O–H groups in total. The minimum atomic E-state index is -3.60. The summed E-state index contributed by atoms with van der Waals surface area (Å²) in [5.41, 5.74) is 2.31. The third-order valence-corrected chi connectivity index (χ3v) is 5.53. The predicted molar refractivity (Wildman–Crippen MR) is 112 cm³/mol. The molecule has 0 aliphatic rings. The fraction of sp³-hybridized carbons (Fsp3) is 0.381. The average Bonchev–Trinajstić information content (AvgIpc) is 2.60. The van der Waals surface area contributed by atoms with Crippen LogP contribution in [0.15, 0.2) is 54.6 Å². The van der Waals surface area contributed by atoms with Crippen LogP contribution < -0.4 is 9.21 Å². The second kappa shape index (κ2) is 8.13. The molecule has 0 radical (unpaired) electrons. The van der Waals surface area contributed by atoms with Crippen LogP contribution in [0.3, 0.4) is 0 Å². The summed E-state index contributed by atoms with van der Waals surface area (Å²) in [6.45, 7) is 8.38. The van der Waals surface area contributed by atoms with Crippen molar-refractivity contribution in [3.8, 4) is 0 Å². The van der Waals surface area contributed by atoms with Gasteiger partial charge in [0.15, 0.2) is 0 Å². The molecule has 0 saturated carbocycles. The number of para-hydroxylation sites is 1. The van der Waals surface area contributed by atoms with Crippen LogP contribution in [-0.2, 0) is 20.2 Å². The molecule has 0 atom stereocenters. The summed E-state index contributed by atoms with van der Waals surface area (Å²) < 4.78 is 25.9. The Hall–Kier alpha value is -2.34. The molecule has 0 fully saturated rings. The van der Waals surface area contributed by atoms with Gasteiger partial charge in [-0.1, -0.05) is 51.1 Å². The first-order valence-corrected chi connectivity index (χ1v) is 10.8. The van der Waals surface area contributed by atoms with E-state index in [1.807, 2.05) is 49.4 Å². The largest absolute Gasteiger partial charge is 0.311 e. The maximum atomic E-state index is 12.9. The second-order valence-electron chi connectivity index (χ2n) is 7.54. The summed E-state index contributed by atoms with van der Waals surface area (Å²) in [7, 11) is -3.60. The van der Waals surface area contributed by atoms with Gasteiger partial charge in [-0.25, -0.2) is 8.42 Å². The highest BCUT2D eigenvalue weighted by Gasteiger charge is 2.24. The third-order valence-electron chi connectivity index (χ3n) is 4.39. The van der Waals surface area contributed by atoms with E-state index in [-0.39, 0.29) is 17.9 Å². The van der Waals surface area contributed by atoms with E-state index >= 15 is 0 Å². The van der Waals surface area contributed by atoms with E-state index in [9.17, 15) is 13.2 Å². The van der Waals surface area contributed by atoms with E-state index in [2.05, 4.69) is 20.8 Å². The summed E-state index contributed by atoms with van der Waals surface area (Å²) in [6, 6.07) is 16.6. The molecule has 0 saturated heterocycles. The van der Waals surface area contributed by atoms with Gasteiger partial charge in [0, 0.05) is 12.2 Å². The lowest BCUT2D eigenvalue weighted by Crippen LogP contribution is -2.42. The van der Waals surface area contributed by atoms with Crippen LogP contribution in [0.1, 0.15) is 33.3 Å². The molecule has 0 aromatic heterocycles. The fourth-order valence-electron chi connectivity index (χ4n) is 2.85. The number of hydrogen-bond donors (Lipinski definition) is 0. The van der Waals surface area contributed by atoms with Crippen molar-refractivity contribution in [1.29, 1.82) is 0 Å². The van der Waals surface area contributed by atoms with Crippen molar-refractivity contribution >= 4 is 27.3 Å². The standard InChI is InChI=1S/C21H28N2O3S/c1-6-22(18-10-8-7-9-11-18)20(24)16-23(27(5,25)26)19-14-12-17(13-15-19)21(2,3)4/h7-15H,6,16H2,1-5H3. The summed E-state index contributed by atoms with van der Waals surface area (Å²) in [5.74, 6) is -0.269. The van der Waals surface area contributed by atoms with E-state index in [0.717, 1.165) is 21.8 Å². The first-order valence-electron chi connectivity index (χ1n) is 8.97. The van der Waals surface area contributed by atoms with Crippen LogP contribution in [0.2, 0.25) is 0 Å². The molecule has 1 amide bonds. The van der Waals surface area contributed by atoms with Crippen molar-refractivity contribution < 1.29 is 13.2 Å². The molecule has 0 aliphatic carbocycles. The number of carbonyl (C=O) groups is 1. The lowest BCUT2D eigenvalue weighted by molar-refractivity contribution is -0.117. The van der Waals surface area contributed by atoms with Gasteiger partial charge in [-0.05, 0) is 42.2 Å². The molecule has 146 valence electrons. The summed E-state index contributed by atoms with van der Waals surface area (Å²) in [5, 5.41) is 0. The van der Waals surface area contributed by atoms with Crippen LogP contribution in [0.5, 0.6) is 0 Å². The van der Waals surface area contributed by atoms with Gasteiger partial charge in [0.25, 0.3) is 0 Å². The zero-order valence-electron chi connectivity index (χ0n) is 16.6. The zero-order chi connectivity index (χ0) is 20.2. The van der Waals surface area contributed by atoms with Crippen molar-refractivity contribution in [3.63, 3.8) is 0 Å². The van der Waals surface area contributed by atoms with Gasteiger partial charge in [-0.2, -0.15) is 0 Å². The maximum absolute atomic E-state index is 12.9. The Morgan fingerprint density at radius 2 is 1.48 bits per heavy atom. The molecule has 5 nitrogen and oxygen atoms in total. The van der Waals surface area contributed by atoms with Gasteiger partial charge in [0.2, 0.25) is 15.9 Å². The van der Waals surface area contributed by atoms with E-state index in [1.54, 1.807) is 17.0 Å². The van der Waals surface area contributed by atoms with E-state index in [1.165, 1.54) is 0 Å². The minimum absolute atomic E-state index is 0.0312. The van der Waals surface area contributed by atoms with Gasteiger partial charge >= 0.3 is 0 Å². The maximum Gasteiger partial charge on any atom is 0.247 e. The van der Waals surface area contributed by atoms with Gasteiger partial charge in [0.1, 0.15) is 6.54 Å². The number of benzene rings is 2. The van der Waals surface area contributed by atoms with Gasteiger partial charge < -0.3 is 4.90 Å². The molecule has 27 heavy (non-hydrogen) atoms. The quantitative estimate of drug-likeness (QED) is 0.756. The monoisotopic (exact) mass is 388 g/mol. The number of sulfonamides is 1. The van der Waals surface area contributed by atoms with Crippen LogP contribution in [0.4, 0.5) is 11.4 Å². The summed E-state index contributed by atoms with van der Waals surface area (Å²) in [6.07, 6.45) is 1.12. The number of nitrogens with zero attached hydrogens (tertiary/aromatic N) is 2. The first kappa shape index (κ1) is 21.0. The Kier molecular flexibility index (Phi) is 6.31. The molecule has 0 spiro atoms. The van der Waals surface area contributed by atoms with Crippen molar-refractivity contribution in [2.75, 3.05) is 28.6 Å². The number of carbonyl (C=O) groups excluding carboxylic acids is 1. The summed E-state index contributed by atoms with van der Waals surface area (Å²) >= 11 is 0. The highest BCUT2D eigenvalue weighted by Crippen LogP contribution is 2.26. The topological polar surface area (TPSA) is 57.7 Å². The smallest absolute Gasteiger partial charge is 0.247 e. The number of likely N-dealkylation sites (N-methyl/N-ethyl adjacent to an activating group) is 1. The van der Waals surface area contributed by atoms with Crippen LogP contribution in [0, 0.1) is 0 Å². The van der Waals surface area contributed by atoms with Crippen LogP contribution in [-0.4, -0.2) is 33.7 Å². The lowest BCUT2D eigenvalue weighted by atomic mass is 9.87. The van der Waals surface area contributed by atoms with E-state index in [0.29, 0.717) is 12.2 Å². The van der Waals surface area contributed by atoms with Crippen molar-refractivity contribution in [2.24, 2.45) is 0 Å². The van der Waals surface area contributed by atoms with E-state index in [4.69, 9.17) is 0 Å². The lowest BCUT2D eigenvalue weighted by Gasteiger charge is -2.27. The Labute approximate surface area is 162 Å². The van der Waals surface area contributed by atoms with Crippen LogP contribution in [0.25, 0.3) is 0 Å². The molecule has 2 aromatic carbocycles. The minimum Gasteiger partial charge on any atom is -0.311 e. The molecule has 0 bridgehead atoms.